The predicted molar refractivity (Wildman–Crippen MR) is 93.7 cm³/mol. The highest BCUT2D eigenvalue weighted by molar-refractivity contribution is 7.17. The largest absolute Gasteiger partial charge is 0.457 e. The second-order valence-corrected chi connectivity index (χ2v) is 5.84. The number of nitrogens with zero attached hydrogens (tertiary/aromatic N) is 2. The van der Waals surface area contributed by atoms with E-state index in [1.807, 2.05) is 66.0 Å². The minimum Gasteiger partial charge on any atom is -0.457 e. The molecule has 4 aromatic rings. The number of hydrogen-bond donors (Lipinski definition) is 1. The molecule has 0 atom stereocenters. The Morgan fingerprint density at radius 3 is 2.43 bits per heavy atom. The molecule has 112 valence electrons. The second kappa shape index (κ2) is 6.06. The van der Waals surface area contributed by atoms with Crippen LogP contribution in [0.2, 0.25) is 0 Å². The molecule has 0 saturated heterocycles. The van der Waals surface area contributed by atoms with Crippen molar-refractivity contribution in [1.82, 2.24) is 9.97 Å². The van der Waals surface area contributed by atoms with Gasteiger partial charge < -0.3 is 10.1 Å². The van der Waals surface area contributed by atoms with Gasteiger partial charge in [-0.2, -0.15) is 0 Å². The first-order chi connectivity index (χ1) is 11.4. The number of rotatable bonds is 4. The maximum atomic E-state index is 5.79. The van der Waals surface area contributed by atoms with Gasteiger partial charge in [0.2, 0.25) is 0 Å². The first-order valence-electron chi connectivity index (χ1n) is 7.17. The highest BCUT2D eigenvalue weighted by Crippen LogP contribution is 2.28. The molecule has 0 bridgehead atoms. The molecule has 0 aliphatic rings. The van der Waals surface area contributed by atoms with Crippen LogP contribution in [-0.4, -0.2) is 9.97 Å². The van der Waals surface area contributed by atoms with Crippen molar-refractivity contribution in [3.8, 4) is 11.5 Å². The third-order valence-corrected chi connectivity index (χ3v) is 4.25. The quantitative estimate of drug-likeness (QED) is 0.559. The van der Waals surface area contributed by atoms with Gasteiger partial charge in [0.25, 0.3) is 0 Å². The Bertz CT molecular complexity index is 920. The van der Waals surface area contributed by atoms with Gasteiger partial charge in [-0.05, 0) is 47.8 Å². The van der Waals surface area contributed by atoms with Gasteiger partial charge in [-0.1, -0.05) is 18.2 Å². The Kier molecular flexibility index (Phi) is 3.62. The summed E-state index contributed by atoms with van der Waals surface area (Å²) >= 11 is 1.63. The monoisotopic (exact) mass is 319 g/mol. The van der Waals surface area contributed by atoms with Crippen LogP contribution in [0.3, 0.4) is 0 Å². The van der Waals surface area contributed by atoms with Crippen LogP contribution >= 0.6 is 11.3 Å². The maximum Gasteiger partial charge on any atom is 0.151 e. The molecule has 2 aromatic carbocycles. The number of benzene rings is 2. The summed E-state index contributed by atoms with van der Waals surface area (Å²) in [6.07, 6.45) is 1.57. The van der Waals surface area contributed by atoms with E-state index in [1.54, 1.807) is 17.7 Å². The normalized spacial score (nSPS) is 10.6. The van der Waals surface area contributed by atoms with E-state index in [4.69, 9.17) is 4.74 Å². The molecule has 4 nitrogen and oxygen atoms in total. The predicted octanol–water partition coefficient (Wildman–Crippen LogP) is 5.23. The molecule has 2 heterocycles. The minimum atomic E-state index is 0.797. The average Bonchev–Trinajstić information content (AvgIpc) is 3.07. The first kappa shape index (κ1) is 13.7. The number of anilines is 2. The second-order valence-electron chi connectivity index (χ2n) is 4.92. The van der Waals surface area contributed by atoms with E-state index in [1.165, 1.54) is 0 Å². The number of para-hydroxylation sites is 1. The molecule has 0 aliphatic carbocycles. The topological polar surface area (TPSA) is 47.0 Å². The summed E-state index contributed by atoms with van der Waals surface area (Å²) in [5, 5.41) is 5.34. The highest BCUT2D eigenvalue weighted by atomic mass is 32.1. The van der Waals surface area contributed by atoms with Crippen molar-refractivity contribution in [3.05, 3.63) is 72.4 Å². The van der Waals surface area contributed by atoms with E-state index in [0.717, 1.165) is 33.2 Å². The van der Waals surface area contributed by atoms with Crippen molar-refractivity contribution >= 4 is 33.1 Å². The molecule has 1 N–H and O–H groups in total. The van der Waals surface area contributed by atoms with Gasteiger partial charge in [0.15, 0.2) is 5.82 Å². The summed E-state index contributed by atoms with van der Waals surface area (Å²) in [6, 6.07) is 19.5. The van der Waals surface area contributed by atoms with E-state index in [2.05, 4.69) is 15.3 Å². The molecule has 2 aromatic heterocycles. The van der Waals surface area contributed by atoms with Crippen LogP contribution in [0, 0.1) is 0 Å². The molecule has 5 heteroatoms. The van der Waals surface area contributed by atoms with Gasteiger partial charge in [0.05, 0.1) is 10.2 Å². The van der Waals surface area contributed by atoms with Crippen LogP contribution in [0.1, 0.15) is 0 Å². The lowest BCUT2D eigenvalue weighted by atomic mass is 10.3. The Labute approximate surface area is 137 Å². The Hall–Kier alpha value is -2.92. The zero-order chi connectivity index (χ0) is 15.5. The summed E-state index contributed by atoms with van der Waals surface area (Å²) in [6.45, 7) is 0. The van der Waals surface area contributed by atoms with Crippen LogP contribution in [0.15, 0.2) is 72.4 Å². The summed E-state index contributed by atoms with van der Waals surface area (Å²) in [5.74, 6) is 2.44. The van der Waals surface area contributed by atoms with Crippen LogP contribution in [0.5, 0.6) is 11.5 Å². The fraction of sp³-hybridized carbons (Fsp3) is 0. The minimum absolute atomic E-state index is 0.797. The number of aromatic nitrogens is 2. The van der Waals surface area contributed by atoms with Gasteiger partial charge in [0.1, 0.15) is 17.8 Å². The lowest BCUT2D eigenvalue weighted by molar-refractivity contribution is 0.483. The molecular formula is C18H13N3OS. The number of ether oxygens (including phenoxy) is 1. The molecule has 0 aliphatic heterocycles. The number of fused-ring (bicyclic) bond motifs is 1. The van der Waals surface area contributed by atoms with Gasteiger partial charge in [-0.25, -0.2) is 9.97 Å². The van der Waals surface area contributed by atoms with E-state index >= 15 is 0 Å². The van der Waals surface area contributed by atoms with Crippen molar-refractivity contribution in [2.24, 2.45) is 0 Å². The number of nitrogens with one attached hydrogen (secondary N) is 1. The molecule has 0 saturated carbocycles. The van der Waals surface area contributed by atoms with Crippen molar-refractivity contribution in [1.29, 1.82) is 0 Å². The van der Waals surface area contributed by atoms with Crippen molar-refractivity contribution in [2.45, 2.75) is 0 Å². The maximum absolute atomic E-state index is 5.79. The molecule has 0 unspecified atom stereocenters. The zero-order valence-corrected chi connectivity index (χ0v) is 13.0. The summed E-state index contributed by atoms with van der Waals surface area (Å²) < 4.78 is 6.84. The zero-order valence-electron chi connectivity index (χ0n) is 12.1. The average molecular weight is 319 g/mol. The molecule has 0 fully saturated rings. The Balaban J connectivity index is 1.53. The first-order valence-corrected chi connectivity index (χ1v) is 8.05. The van der Waals surface area contributed by atoms with Gasteiger partial charge in [-0.3, -0.25) is 0 Å². The van der Waals surface area contributed by atoms with Crippen LogP contribution in [-0.2, 0) is 0 Å². The van der Waals surface area contributed by atoms with Crippen LogP contribution < -0.4 is 10.1 Å². The molecule has 0 radical (unpaired) electrons. The van der Waals surface area contributed by atoms with Crippen LogP contribution in [0.4, 0.5) is 11.5 Å². The van der Waals surface area contributed by atoms with E-state index in [9.17, 15) is 0 Å². The van der Waals surface area contributed by atoms with Crippen molar-refractivity contribution < 1.29 is 4.74 Å². The van der Waals surface area contributed by atoms with Crippen LogP contribution in [0.25, 0.3) is 10.2 Å². The third kappa shape index (κ3) is 3.00. The number of thiophene rings is 1. The van der Waals surface area contributed by atoms with Gasteiger partial charge in [-0.15, -0.1) is 11.3 Å². The Morgan fingerprint density at radius 2 is 1.61 bits per heavy atom. The Morgan fingerprint density at radius 1 is 0.826 bits per heavy atom. The summed E-state index contributed by atoms with van der Waals surface area (Å²) in [4.78, 5) is 8.57. The van der Waals surface area contributed by atoms with Crippen molar-refractivity contribution in [2.75, 3.05) is 5.32 Å². The summed E-state index contributed by atoms with van der Waals surface area (Å²) in [7, 11) is 0. The molecule has 0 spiro atoms. The van der Waals surface area contributed by atoms with E-state index < -0.39 is 0 Å². The van der Waals surface area contributed by atoms with Crippen molar-refractivity contribution in [3.63, 3.8) is 0 Å². The lowest BCUT2D eigenvalue weighted by Crippen LogP contribution is -1.94. The van der Waals surface area contributed by atoms with Gasteiger partial charge in [0, 0.05) is 5.69 Å². The lowest BCUT2D eigenvalue weighted by Gasteiger charge is -2.08. The highest BCUT2D eigenvalue weighted by Gasteiger charge is 2.05. The molecular weight excluding hydrogens is 306 g/mol. The smallest absolute Gasteiger partial charge is 0.151 e. The number of hydrogen-bond acceptors (Lipinski definition) is 5. The summed E-state index contributed by atoms with van der Waals surface area (Å²) in [5.41, 5.74) is 1.91. The van der Waals surface area contributed by atoms with Gasteiger partial charge >= 0.3 is 0 Å². The molecule has 4 rings (SSSR count). The SMILES string of the molecule is c1ccc(Oc2ccc(Nc3ncnc4ccsc34)cc2)cc1. The molecule has 23 heavy (non-hydrogen) atoms. The third-order valence-electron chi connectivity index (χ3n) is 3.34. The standard InChI is InChI=1S/C18H13N3OS/c1-2-4-14(5-3-1)22-15-8-6-13(7-9-15)21-18-17-16(10-11-23-17)19-12-20-18/h1-12H,(H,19,20,21). The molecule has 0 amide bonds. The fourth-order valence-corrected chi connectivity index (χ4v) is 3.04. The van der Waals surface area contributed by atoms with E-state index in [0.29, 0.717) is 0 Å². The van der Waals surface area contributed by atoms with E-state index in [-0.39, 0.29) is 0 Å². The fourth-order valence-electron chi connectivity index (χ4n) is 2.25.